The molecule has 0 radical (unpaired) electrons. The number of likely N-dealkylation sites (N-methyl/N-ethyl adjacent to an activating group) is 1. The molecule has 1 aromatic rings. The van der Waals surface area contributed by atoms with Crippen LogP contribution in [-0.4, -0.2) is 22.2 Å². The fourth-order valence-electron chi connectivity index (χ4n) is 2.27. The van der Waals surface area contributed by atoms with Crippen LogP contribution in [0.4, 0.5) is 5.69 Å². The minimum absolute atomic E-state index is 0.0580. The molecule has 0 aromatic heterocycles. The lowest BCUT2D eigenvalue weighted by Gasteiger charge is -2.19. The summed E-state index contributed by atoms with van der Waals surface area (Å²) in [5, 5.41) is 0. The Morgan fingerprint density at radius 3 is 2.76 bits per heavy atom. The molecule has 5 heteroatoms. The molecule has 0 unspecified atom stereocenters. The number of benzene rings is 1. The van der Waals surface area contributed by atoms with Crippen molar-refractivity contribution in [3.05, 3.63) is 64.9 Å². The largest absolute Gasteiger partial charge is 0.350 e. The summed E-state index contributed by atoms with van der Waals surface area (Å²) < 4.78 is 0.574. The van der Waals surface area contributed by atoms with Crippen molar-refractivity contribution in [2.24, 2.45) is 0 Å². The van der Waals surface area contributed by atoms with E-state index in [1.807, 2.05) is 67.6 Å². The van der Waals surface area contributed by atoms with Crippen molar-refractivity contribution in [1.29, 1.82) is 0 Å². The number of rotatable bonds is 1. The first-order chi connectivity index (χ1) is 10.1. The number of allylic oxidation sites excluding steroid dienone is 3. The molecule has 0 bridgehead atoms. The maximum atomic E-state index is 12.7. The number of carbonyl (C=O) groups excluding carboxylic acids is 1. The first-order valence-electron chi connectivity index (χ1n) is 6.53. The molecule has 2 heterocycles. The monoisotopic (exact) mass is 314 g/mol. The lowest BCUT2D eigenvalue weighted by Crippen LogP contribution is -2.28. The predicted octanol–water partition coefficient (Wildman–Crippen LogP) is 3.59. The van der Waals surface area contributed by atoms with Crippen LogP contribution < -0.4 is 4.90 Å². The summed E-state index contributed by atoms with van der Waals surface area (Å²) in [6.07, 6.45) is 7.72. The van der Waals surface area contributed by atoms with Gasteiger partial charge in [-0.05, 0) is 36.8 Å². The van der Waals surface area contributed by atoms with Crippen LogP contribution in [0.25, 0.3) is 0 Å². The second-order valence-corrected chi connectivity index (χ2v) is 6.52. The van der Waals surface area contributed by atoms with Crippen LogP contribution in [0.1, 0.15) is 5.56 Å². The number of thioether (sulfide) groups is 1. The lowest BCUT2D eigenvalue weighted by atomic mass is 10.2. The Morgan fingerprint density at radius 1 is 1.24 bits per heavy atom. The summed E-state index contributed by atoms with van der Waals surface area (Å²) in [5.41, 5.74) is 2.81. The highest BCUT2D eigenvalue weighted by Crippen LogP contribution is 2.38. The van der Waals surface area contributed by atoms with Crippen LogP contribution in [0.15, 0.2) is 59.3 Å². The molecule has 0 spiro atoms. The third kappa shape index (κ3) is 2.54. The normalized spacial score (nSPS) is 21.6. The summed E-state index contributed by atoms with van der Waals surface area (Å²) in [6.45, 7) is 2.00. The lowest BCUT2D eigenvalue weighted by molar-refractivity contribution is -0.113. The quantitative estimate of drug-likeness (QED) is 0.584. The van der Waals surface area contributed by atoms with Gasteiger partial charge in [0.15, 0.2) is 4.32 Å². The Morgan fingerprint density at radius 2 is 2.05 bits per heavy atom. The molecule has 3 rings (SSSR count). The third-order valence-electron chi connectivity index (χ3n) is 3.32. The number of anilines is 1. The summed E-state index contributed by atoms with van der Waals surface area (Å²) in [4.78, 5) is 17.0. The molecule has 0 atom stereocenters. The van der Waals surface area contributed by atoms with Crippen LogP contribution in [-0.2, 0) is 4.79 Å². The van der Waals surface area contributed by atoms with Crippen molar-refractivity contribution in [1.82, 2.24) is 4.90 Å². The first-order valence-corrected chi connectivity index (χ1v) is 7.75. The third-order valence-corrected chi connectivity index (χ3v) is 4.69. The van der Waals surface area contributed by atoms with Gasteiger partial charge in [-0.1, -0.05) is 42.2 Å². The zero-order valence-electron chi connectivity index (χ0n) is 11.7. The summed E-state index contributed by atoms with van der Waals surface area (Å²) in [7, 11) is 1.93. The maximum Gasteiger partial charge on any atom is 0.272 e. The SMILES string of the molecule is Cc1cccc(N2C(=O)/C(=C3/C=CC=CN3C)SC2=S)c1. The van der Waals surface area contributed by atoms with Gasteiger partial charge in [0.2, 0.25) is 0 Å². The minimum atomic E-state index is -0.0580. The van der Waals surface area contributed by atoms with E-state index in [-0.39, 0.29) is 5.91 Å². The van der Waals surface area contributed by atoms with Gasteiger partial charge in [-0.25, -0.2) is 0 Å². The van der Waals surface area contributed by atoms with E-state index in [4.69, 9.17) is 12.2 Å². The van der Waals surface area contributed by atoms with Crippen LogP contribution in [0.3, 0.4) is 0 Å². The fraction of sp³-hybridized carbons (Fsp3) is 0.125. The van der Waals surface area contributed by atoms with E-state index >= 15 is 0 Å². The van der Waals surface area contributed by atoms with Gasteiger partial charge in [-0.3, -0.25) is 9.69 Å². The molecule has 2 aliphatic heterocycles. The van der Waals surface area contributed by atoms with E-state index in [0.717, 1.165) is 16.9 Å². The zero-order valence-corrected chi connectivity index (χ0v) is 13.4. The van der Waals surface area contributed by atoms with E-state index in [1.54, 1.807) is 4.90 Å². The molecule has 1 saturated heterocycles. The summed E-state index contributed by atoms with van der Waals surface area (Å²) in [5.74, 6) is -0.0580. The first kappa shape index (κ1) is 14.1. The Bertz CT molecular complexity index is 719. The molecular weight excluding hydrogens is 300 g/mol. The zero-order chi connectivity index (χ0) is 15.0. The Kier molecular flexibility index (Phi) is 3.69. The van der Waals surface area contributed by atoms with E-state index in [1.165, 1.54) is 11.8 Å². The smallest absolute Gasteiger partial charge is 0.272 e. The second kappa shape index (κ2) is 5.50. The van der Waals surface area contributed by atoms with Crippen LogP contribution in [0.5, 0.6) is 0 Å². The maximum absolute atomic E-state index is 12.7. The highest BCUT2D eigenvalue weighted by Gasteiger charge is 2.36. The molecule has 1 fully saturated rings. The molecule has 1 aromatic carbocycles. The number of aryl methyl sites for hydroxylation is 1. The van der Waals surface area contributed by atoms with Gasteiger partial charge in [0.25, 0.3) is 5.91 Å². The van der Waals surface area contributed by atoms with E-state index in [2.05, 4.69) is 0 Å². The van der Waals surface area contributed by atoms with Crippen LogP contribution in [0.2, 0.25) is 0 Å². The van der Waals surface area contributed by atoms with Crippen molar-refractivity contribution in [2.75, 3.05) is 11.9 Å². The number of hydrogen-bond donors (Lipinski definition) is 0. The predicted molar refractivity (Wildman–Crippen MR) is 91.9 cm³/mol. The van der Waals surface area contributed by atoms with Crippen molar-refractivity contribution < 1.29 is 4.79 Å². The van der Waals surface area contributed by atoms with Crippen molar-refractivity contribution >= 4 is 39.9 Å². The molecule has 0 saturated carbocycles. The fourth-order valence-corrected chi connectivity index (χ4v) is 3.66. The standard InChI is InChI=1S/C16H14N2OS2/c1-11-6-5-7-12(10-11)18-15(19)14(21-16(18)20)13-8-3-4-9-17(13)2/h3-10H,1-2H3/b14-13+. The minimum Gasteiger partial charge on any atom is -0.350 e. The number of thiocarbonyl (C=S) groups is 1. The number of nitrogens with zero attached hydrogens (tertiary/aromatic N) is 2. The molecule has 0 aliphatic carbocycles. The van der Waals surface area contributed by atoms with Gasteiger partial charge in [-0.15, -0.1) is 0 Å². The summed E-state index contributed by atoms with van der Waals surface area (Å²) >= 11 is 6.75. The Hall–Kier alpha value is -1.85. The number of amides is 1. The van der Waals surface area contributed by atoms with Gasteiger partial charge >= 0.3 is 0 Å². The van der Waals surface area contributed by atoms with Gasteiger partial charge < -0.3 is 4.90 Å². The van der Waals surface area contributed by atoms with Gasteiger partial charge in [0, 0.05) is 13.2 Å². The highest BCUT2D eigenvalue weighted by atomic mass is 32.2. The number of hydrogen-bond acceptors (Lipinski definition) is 4. The van der Waals surface area contributed by atoms with Gasteiger partial charge in [0.1, 0.15) is 4.91 Å². The van der Waals surface area contributed by atoms with Gasteiger partial charge in [-0.2, -0.15) is 0 Å². The molecular formula is C16H14N2OS2. The molecule has 106 valence electrons. The Balaban J connectivity index is 2.02. The highest BCUT2D eigenvalue weighted by molar-refractivity contribution is 8.27. The van der Waals surface area contributed by atoms with E-state index in [0.29, 0.717) is 9.23 Å². The topological polar surface area (TPSA) is 23.6 Å². The molecule has 2 aliphatic rings. The van der Waals surface area contributed by atoms with Crippen molar-refractivity contribution in [3.63, 3.8) is 0 Å². The van der Waals surface area contributed by atoms with Crippen LogP contribution in [0, 0.1) is 6.92 Å². The van der Waals surface area contributed by atoms with E-state index in [9.17, 15) is 4.79 Å². The van der Waals surface area contributed by atoms with Crippen molar-refractivity contribution in [2.45, 2.75) is 6.92 Å². The average Bonchev–Trinajstić information content (AvgIpc) is 2.74. The second-order valence-electron chi connectivity index (χ2n) is 4.87. The molecule has 0 N–H and O–H groups in total. The Labute approximate surface area is 133 Å². The van der Waals surface area contributed by atoms with Crippen molar-refractivity contribution in [3.8, 4) is 0 Å². The average molecular weight is 314 g/mol. The van der Waals surface area contributed by atoms with Gasteiger partial charge in [0.05, 0.1) is 11.4 Å². The molecule has 3 nitrogen and oxygen atoms in total. The van der Waals surface area contributed by atoms with Crippen LogP contribution >= 0.6 is 24.0 Å². The molecule has 1 amide bonds. The summed E-state index contributed by atoms with van der Waals surface area (Å²) in [6, 6.07) is 7.82. The van der Waals surface area contributed by atoms with E-state index < -0.39 is 0 Å². The molecule has 21 heavy (non-hydrogen) atoms. The number of carbonyl (C=O) groups is 1.